The molecule has 1 aliphatic carbocycles. The van der Waals surface area contributed by atoms with E-state index in [4.69, 9.17) is 10.5 Å². The van der Waals surface area contributed by atoms with Gasteiger partial charge in [0.1, 0.15) is 0 Å². The summed E-state index contributed by atoms with van der Waals surface area (Å²) >= 11 is 0. The number of nitrogens with one attached hydrogen (secondary N) is 1. The normalized spacial score (nSPS) is 27.4. The van der Waals surface area contributed by atoms with Crippen molar-refractivity contribution in [2.75, 3.05) is 13.2 Å². The molecule has 1 fully saturated rings. The van der Waals surface area contributed by atoms with E-state index in [2.05, 4.69) is 19.2 Å². The van der Waals surface area contributed by atoms with Crippen molar-refractivity contribution in [2.24, 2.45) is 5.73 Å². The molecule has 14 heavy (non-hydrogen) atoms. The molecule has 3 N–H and O–H groups in total. The fourth-order valence-corrected chi connectivity index (χ4v) is 1.90. The molecule has 0 aromatic carbocycles. The second-order valence-electron chi connectivity index (χ2n) is 4.50. The van der Waals surface area contributed by atoms with Gasteiger partial charge in [0.2, 0.25) is 0 Å². The lowest BCUT2D eigenvalue weighted by Crippen LogP contribution is -2.29. The molecular formula is C11H24N2O. The standard InChI is InChI=1S/C11H24N2O/c1-9(2)14-7-3-6-13-11-5-4-10(12)8-11/h9-11,13H,3-8,12H2,1-2H3. The van der Waals surface area contributed by atoms with E-state index in [-0.39, 0.29) is 0 Å². The van der Waals surface area contributed by atoms with Gasteiger partial charge in [0.05, 0.1) is 6.10 Å². The minimum atomic E-state index is 0.356. The molecule has 0 spiro atoms. The second-order valence-corrected chi connectivity index (χ2v) is 4.50. The molecule has 0 heterocycles. The number of hydrogen-bond acceptors (Lipinski definition) is 3. The van der Waals surface area contributed by atoms with E-state index in [0.717, 1.165) is 26.0 Å². The van der Waals surface area contributed by atoms with Gasteiger partial charge in [-0.3, -0.25) is 0 Å². The predicted molar refractivity (Wildman–Crippen MR) is 59.3 cm³/mol. The molecule has 2 unspecified atom stereocenters. The average Bonchev–Trinajstić information content (AvgIpc) is 2.50. The third-order valence-electron chi connectivity index (χ3n) is 2.68. The van der Waals surface area contributed by atoms with E-state index < -0.39 is 0 Å². The van der Waals surface area contributed by atoms with Crippen molar-refractivity contribution >= 4 is 0 Å². The summed E-state index contributed by atoms with van der Waals surface area (Å²) in [6.45, 7) is 6.07. The van der Waals surface area contributed by atoms with Gasteiger partial charge in [0, 0.05) is 18.7 Å². The molecule has 1 aliphatic rings. The van der Waals surface area contributed by atoms with Crippen molar-refractivity contribution in [1.82, 2.24) is 5.32 Å². The van der Waals surface area contributed by atoms with Crippen LogP contribution in [0.2, 0.25) is 0 Å². The van der Waals surface area contributed by atoms with Crippen molar-refractivity contribution in [3.05, 3.63) is 0 Å². The summed E-state index contributed by atoms with van der Waals surface area (Å²) in [5.41, 5.74) is 5.83. The molecule has 1 rings (SSSR count). The van der Waals surface area contributed by atoms with Crippen LogP contribution in [0.25, 0.3) is 0 Å². The molecule has 3 nitrogen and oxygen atoms in total. The van der Waals surface area contributed by atoms with Gasteiger partial charge in [-0.1, -0.05) is 0 Å². The van der Waals surface area contributed by atoms with Gasteiger partial charge in [-0.05, 0) is 46.1 Å². The molecule has 84 valence electrons. The molecule has 0 bridgehead atoms. The quantitative estimate of drug-likeness (QED) is 0.635. The Labute approximate surface area is 87.4 Å². The van der Waals surface area contributed by atoms with E-state index >= 15 is 0 Å². The zero-order valence-electron chi connectivity index (χ0n) is 9.46. The van der Waals surface area contributed by atoms with Crippen molar-refractivity contribution in [2.45, 2.75) is 57.7 Å². The first kappa shape index (κ1) is 12.0. The third-order valence-corrected chi connectivity index (χ3v) is 2.68. The first-order valence-corrected chi connectivity index (χ1v) is 5.79. The summed E-state index contributed by atoms with van der Waals surface area (Å²) in [5, 5.41) is 3.53. The Hall–Kier alpha value is -0.120. The molecule has 2 atom stereocenters. The highest BCUT2D eigenvalue weighted by Gasteiger charge is 2.20. The lowest BCUT2D eigenvalue weighted by Gasteiger charge is -2.12. The molecule has 3 heteroatoms. The summed E-state index contributed by atoms with van der Waals surface area (Å²) in [5.74, 6) is 0. The third kappa shape index (κ3) is 4.94. The minimum absolute atomic E-state index is 0.356. The molecule has 0 aliphatic heterocycles. The van der Waals surface area contributed by atoms with Gasteiger partial charge in [0.15, 0.2) is 0 Å². The Kier molecular flexibility index (Phi) is 5.45. The zero-order chi connectivity index (χ0) is 10.4. The van der Waals surface area contributed by atoms with Crippen LogP contribution >= 0.6 is 0 Å². The van der Waals surface area contributed by atoms with E-state index in [1.807, 2.05) is 0 Å². The monoisotopic (exact) mass is 200 g/mol. The topological polar surface area (TPSA) is 47.3 Å². The highest BCUT2D eigenvalue weighted by molar-refractivity contribution is 4.82. The predicted octanol–water partition coefficient (Wildman–Crippen LogP) is 1.27. The fourth-order valence-electron chi connectivity index (χ4n) is 1.90. The van der Waals surface area contributed by atoms with Gasteiger partial charge in [-0.2, -0.15) is 0 Å². The molecule has 0 aromatic heterocycles. The number of hydrogen-bond donors (Lipinski definition) is 2. The lowest BCUT2D eigenvalue weighted by molar-refractivity contribution is 0.0767. The summed E-state index contributed by atoms with van der Waals surface area (Å²) in [7, 11) is 0. The second kappa shape index (κ2) is 6.38. The zero-order valence-corrected chi connectivity index (χ0v) is 9.46. The average molecular weight is 200 g/mol. The van der Waals surface area contributed by atoms with Crippen molar-refractivity contribution in [3.8, 4) is 0 Å². The van der Waals surface area contributed by atoms with E-state index in [9.17, 15) is 0 Å². The molecule has 0 saturated heterocycles. The van der Waals surface area contributed by atoms with Gasteiger partial charge in [0.25, 0.3) is 0 Å². The number of ether oxygens (including phenoxy) is 1. The first-order chi connectivity index (χ1) is 6.68. The maximum Gasteiger partial charge on any atom is 0.0518 e. The Balaban J connectivity index is 1.89. The Bertz CT molecular complexity index is 150. The van der Waals surface area contributed by atoms with Crippen LogP contribution in [0.3, 0.4) is 0 Å². The van der Waals surface area contributed by atoms with E-state index in [1.54, 1.807) is 0 Å². The van der Waals surface area contributed by atoms with Gasteiger partial charge < -0.3 is 15.8 Å². The maximum atomic E-state index is 5.83. The van der Waals surface area contributed by atoms with Crippen LogP contribution in [0.4, 0.5) is 0 Å². The molecule has 1 saturated carbocycles. The molecule has 0 aromatic rings. The van der Waals surface area contributed by atoms with Crippen LogP contribution < -0.4 is 11.1 Å². The Morgan fingerprint density at radius 2 is 2.21 bits per heavy atom. The lowest BCUT2D eigenvalue weighted by atomic mass is 10.2. The summed E-state index contributed by atoms with van der Waals surface area (Å²) in [6.07, 6.45) is 5.02. The smallest absolute Gasteiger partial charge is 0.0518 e. The summed E-state index contributed by atoms with van der Waals surface area (Å²) in [6, 6.07) is 1.09. The maximum absolute atomic E-state index is 5.83. The van der Waals surface area contributed by atoms with E-state index in [1.165, 1.54) is 12.8 Å². The van der Waals surface area contributed by atoms with Crippen LogP contribution in [0.1, 0.15) is 39.5 Å². The van der Waals surface area contributed by atoms with Crippen LogP contribution in [0, 0.1) is 0 Å². The van der Waals surface area contributed by atoms with Crippen LogP contribution in [0.15, 0.2) is 0 Å². The van der Waals surface area contributed by atoms with Crippen molar-refractivity contribution in [1.29, 1.82) is 0 Å². The first-order valence-electron chi connectivity index (χ1n) is 5.79. The van der Waals surface area contributed by atoms with E-state index in [0.29, 0.717) is 18.2 Å². The van der Waals surface area contributed by atoms with Gasteiger partial charge in [-0.15, -0.1) is 0 Å². The highest BCUT2D eigenvalue weighted by atomic mass is 16.5. The van der Waals surface area contributed by atoms with Crippen LogP contribution in [-0.4, -0.2) is 31.3 Å². The van der Waals surface area contributed by atoms with Gasteiger partial charge >= 0.3 is 0 Å². The van der Waals surface area contributed by atoms with Crippen molar-refractivity contribution < 1.29 is 4.74 Å². The van der Waals surface area contributed by atoms with Crippen LogP contribution in [-0.2, 0) is 4.74 Å². The van der Waals surface area contributed by atoms with Crippen molar-refractivity contribution in [3.63, 3.8) is 0 Å². The highest BCUT2D eigenvalue weighted by Crippen LogP contribution is 2.16. The van der Waals surface area contributed by atoms with Gasteiger partial charge in [-0.25, -0.2) is 0 Å². The Morgan fingerprint density at radius 1 is 1.43 bits per heavy atom. The summed E-state index contributed by atoms with van der Waals surface area (Å²) < 4.78 is 5.46. The van der Waals surface area contributed by atoms with Crippen LogP contribution in [0.5, 0.6) is 0 Å². The number of nitrogens with two attached hydrogens (primary N) is 1. The SMILES string of the molecule is CC(C)OCCCNC1CCC(N)C1. The number of rotatable bonds is 6. The molecule has 0 amide bonds. The molecule has 0 radical (unpaired) electrons. The fraction of sp³-hybridized carbons (Fsp3) is 1.00. The largest absolute Gasteiger partial charge is 0.379 e. The summed E-state index contributed by atoms with van der Waals surface area (Å²) in [4.78, 5) is 0. The Morgan fingerprint density at radius 3 is 2.79 bits per heavy atom. The minimum Gasteiger partial charge on any atom is -0.379 e. The molecular weight excluding hydrogens is 176 g/mol.